The van der Waals surface area contributed by atoms with Gasteiger partial charge in [-0.15, -0.1) is 0 Å². The molecule has 0 bridgehead atoms. The zero-order valence-corrected chi connectivity index (χ0v) is 13.4. The predicted octanol–water partition coefficient (Wildman–Crippen LogP) is -0.908. The molecular weight excluding hydrogens is 304 g/mol. The fourth-order valence-electron chi connectivity index (χ4n) is 1.92. The molecule has 3 nitrogen and oxygen atoms in total. The van der Waals surface area contributed by atoms with Crippen molar-refractivity contribution in [3.63, 3.8) is 0 Å². The van der Waals surface area contributed by atoms with Gasteiger partial charge in [0.1, 0.15) is 5.75 Å². The first-order valence-corrected chi connectivity index (χ1v) is 6.39. The van der Waals surface area contributed by atoms with E-state index in [1.165, 1.54) is 10.8 Å². The first-order chi connectivity index (χ1) is 8.69. The Balaban J connectivity index is 0.00000180. The Labute approximate surface area is 125 Å². The van der Waals surface area contributed by atoms with Crippen molar-refractivity contribution in [2.75, 3.05) is 27.2 Å². The Morgan fingerprint density at radius 1 is 1.16 bits per heavy atom. The summed E-state index contributed by atoms with van der Waals surface area (Å²) in [6, 6.07) is 8.39. The molecule has 0 unspecified atom stereocenters. The molecule has 4 heteroatoms. The summed E-state index contributed by atoms with van der Waals surface area (Å²) < 4.78 is 7.73. The average molecular weight is 325 g/mol. The lowest BCUT2D eigenvalue weighted by molar-refractivity contribution is -0.695. The zero-order chi connectivity index (χ0) is 13.0. The predicted molar refractivity (Wildman–Crippen MR) is 73.9 cm³/mol. The van der Waals surface area contributed by atoms with Crippen LogP contribution in [0, 0.1) is 0 Å². The summed E-state index contributed by atoms with van der Waals surface area (Å²) in [4.78, 5) is 2.19. The van der Waals surface area contributed by atoms with Gasteiger partial charge in [0.25, 0.3) is 0 Å². The van der Waals surface area contributed by atoms with Crippen molar-refractivity contribution >= 4 is 10.8 Å². The fraction of sp³-hybridized carbons (Fsp3) is 0.400. The SMILES string of the molecule is CCOc1ccc2c[n+](CCN(C)C)ccc2c1.[Br-]. The Morgan fingerprint density at radius 3 is 2.63 bits per heavy atom. The van der Waals surface area contributed by atoms with Crippen molar-refractivity contribution < 1.29 is 26.3 Å². The van der Waals surface area contributed by atoms with Crippen LogP contribution in [0.3, 0.4) is 0 Å². The Morgan fingerprint density at radius 2 is 1.95 bits per heavy atom. The van der Waals surface area contributed by atoms with Crippen LogP contribution in [0.1, 0.15) is 6.92 Å². The zero-order valence-electron chi connectivity index (χ0n) is 11.8. The van der Waals surface area contributed by atoms with Gasteiger partial charge in [-0.2, -0.15) is 0 Å². The molecule has 1 aromatic carbocycles. The molecule has 0 aliphatic heterocycles. The summed E-state index contributed by atoms with van der Waals surface area (Å²) in [5, 5.41) is 2.47. The number of nitrogens with zero attached hydrogens (tertiary/aromatic N) is 2. The Hall–Kier alpha value is -1.13. The van der Waals surface area contributed by atoms with Crippen LogP contribution in [0.15, 0.2) is 36.7 Å². The van der Waals surface area contributed by atoms with Crippen LogP contribution in [-0.4, -0.2) is 32.1 Å². The van der Waals surface area contributed by atoms with Crippen LogP contribution in [0.2, 0.25) is 0 Å². The molecule has 2 rings (SSSR count). The van der Waals surface area contributed by atoms with E-state index in [2.05, 4.69) is 54.2 Å². The average Bonchev–Trinajstić information content (AvgIpc) is 2.36. The minimum absolute atomic E-state index is 0. The van der Waals surface area contributed by atoms with E-state index in [0.29, 0.717) is 6.61 Å². The molecule has 19 heavy (non-hydrogen) atoms. The number of aromatic nitrogens is 1. The summed E-state index contributed by atoms with van der Waals surface area (Å²) in [6.45, 7) is 4.77. The van der Waals surface area contributed by atoms with Crippen molar-refractivity contribution in [2.24, 2.45) is 0 Å². The van der Waals surface area contributed by atoms with Gasteiger partial charge in [0.05, 0.1) is 13.2 Å². The van der Waals surface area contributed by atoms with Crippen LogP contribution < -0.4 is 26.3 Å². The summed E-state index contributed by atoms with van der Waals surface area (Å²) in [5.74, 6) is 0.941. The number of hydrogen-bond acceptors (Lipinski definition) is 2. The molecule has 0 spiro atoms. The van der Waals surface area contributed by atoms with Crippen molar-refractivity contribution in [1.29, 1.82) is 0 Å². The molecule has 0 aliphatic rings. The summed E-state index contributed by atoms with van der Waals surface area (Å²) in [6.07, 6.45) is 4.32. The second-order valence-corrected chi connectivity index (χ2v) is 4.71. The number of fused-ring (bicyclic) bond motifs is 1. The second kappa shape index (κ2) is 7.46. The van der Waals surface area contributed by atoms with Crippen molar-refractivity contribution in [3.05, 3.63) is 36.7 Å². The lowest BCUT2D eigenvalue weighted by Gasteiger charge is -2.07. The molecule has 1 aromatic heterocycles. The number of likely N-dealkylation sites (N-methyl/N-ethyl adjacent to an activating group) is 1. The normalized spacial score (nSPS) is 10.5. The van der Waals surface area contributed by atoms with Gasteiger partial charge in [-0.05, 0) is 44.6 Å². The highest BCUT2D eigenvalue weighted by atomic mass is 79.9. The fourth-order valence-corrected chi connectivity index (χ4v) is 1.92. The van der Waals surface area contributed by atoms with E-state index < -0.39 is 0 Å². The first-order valence-electron chi connectivity index (χ1n) is 6.39. The molecule has 0 atom stereocenters. The Bertz CT molecular complexity index is 529. The van der Waals surface area contributed by atoms with E-state index in [1.54, 1.807) is 0 Å². The highest BCUT2D eigenvalue weighted by molar-refractivity contribution is 5.82. The first kappa shape index (κ1) is 15.9. The molecule has 0 radical (unpaired) electrons. The van der Waals surface area contributed by atoms with Gasteiger partial charge in [0, 0.05) is 11.5 Å². The number of hydrogen-bond donors (Lipinski definition) is 0. The molecule has 104 valence electrons. The van der Waals surface area contributed by atoms with Gasteiger partial charge in [-0.25, -0.2) is 4.57 Å². The number of rotatable bonds is 5. The Kier molecular flexibility index (Phi) is 6.25. The third-order valence-corrected chi connectivity index (χ3v) is 2.93. The van der Waals surface area contributed by atoms with Crippen molar-refractivity contribution in [2.45, 2.75) is 13.5 Å². The van der Waals surface area contributed by atoms with Gasteiger partial charge in [-0.1, -0.05) is 0 Å². The maximum Gasteiger partial charge on any atom is 0.176 e. The topological polar surface area (TPSA) is 16.4 Å². The quantitative estimate of drug-likeness (QED) is 0.662. The minimum atomic E-state index is 0. The van der Waals surface area contributed by atoms with E-state index in [1.807, 2.05) is 13.0 Å². The molecule has 0 fully saturated rings. The van der Waals surface area contributed by atoms with E-state index in [-0.39, 0.29) is 17.0 Å². The molecule has 1 heterocycles. The van der Waals surface area contributed by atoms with Gasteiger partial charge in [0.2, 0.25) is 0 Å². The van der Waals surface area contributed by atoms with Crippen LogP contribution in [0.5, 0.6) is 5.75 Å². The minimum Gasteiger partial charge on any atom is -1.00 e. The third-order valence-electron chi connectivity index (χ3n) is 2.93. The monoisotopic (exact) mass is 324 g/mol. The third kappa shape index (κ3) is 4.48. The van der Waals surface area contributed by atoms with E-state index in [4.69, 9.17) is 4.74 Å². The standard InChI is InChI=1S/C15H21N2O.BrH/c1-4-18-15-6-5-14-12-17(10-9-16(2)3)8-7-13(14)11-15;/h5-8,11-12H,4,9-10H2,1-3H3;1H/q+1;/p-1. The van der Waals surface area contributed by atoms with E-state index in [9.17, 15) is 0 Å². The summed E-state index contributed by atoms with van der Waals surface area (Å²) in [7, 11) is 4.19. The van der Waals surface area contributed by atoms with Crippen molar-refractivity contribution in [3.8, 4) is 5.75 Å². The maximum atomic E-state index is 5.51. The van der Waals surface area contributed by atoms with Gasteiger partial charge < -0.3 is 26.6 Å². The summed E-state index contributed by atoms with van der Waals surface area (Å²) in [5.41, 5.74) is 0. The smallest absolute Gasteiger partial charge is 0.176 e. The number of benzene rings is 1. The van der Waals surface area contributed by atoms with Crippen LogP contribution in [-0.2, 0) is 6.54 Å². The van der Waals surface area contributed by atoms with Gasteiger partial charge in [0.15, 0.2) is 18.9 Å². The molecule has 0 N–H and O–H groups in total. The summed E-state index contributed by atoms with van der Waals surface area (Å²) >= 11 is 0. The highest BCUT2D eigenvalue weighted by Crippen LogP contribution is 2.19. The van der Waals surface area contributed by atoms with Gasteiger partial charge >= 0.3 is 0 Å². The largest absolute Gasteiger partial charge is 1.00 e. The number of halogens is 1. The molecule has 2 aromatic rings. The van der Waals surface area contributed by atoms with E-state index >= 15 is 0 Å². The maximum absolute atomic E-state index is 5.51. The highest BCUT2D eigenvalue weighted by Gasteiger charge is 2.04. The lowest BCUT2D eigenvalue weighted by atomic mass is 10.1. The van der Waals surface area contributed by atoms with Gasteiger partial charge in [-0.3, -0.25) is 0 Å². The van der Waals surface area contributed by atoms with Crippen LogP contribution in [0.4, 0.5) is 0 Å². The van der Waals surface area contributed by atoms with Crippen LogP contribution >= 0.6 is 0 Å². The number of pyridine rings is 1. The molecular formula is C15H21BrN2O. The van der Waals surface area contributed by atoms with Crippen molar-refractivity contribution in [1.82, 2.24) is 4.90 Å². The molecule has 0 saturated carbocycles. The molecule has 0 amide bonds. The second-order valence-electron chi connectivity index (χ2n) is 4.71. The molecule has 0 aliphatic carbocycles. The van der Waals surface area contributed by atoms with Crippen LogP contribution in [0.25, 0.3) is 10.8 Å². The van der Waals surface area contributed by atoms with E-state index in [0.717, 1.165) is 18.8 Å². The lowest BCUT2D eigenvalue weighted by Crippen LogP contribution is -3.00. The number of ether oxygens (including phenoxy) is 1. The molecule has 0 saturated heterocycles.